The highest BCUT2D eigenvalue weighted by molar-refractivity contribution is 8.00. The molecule has 18 heavy (non-hydrogen) atoms. The van der Waals surface area contributed by atoms with E-state index in [4.69, 9.17) is 0 Å². The normalized spacial score (nSPS) is 12.3. The van der Waals surface area contributed by atoms with E-state index in [1.165, 1.54) is 25.7 Å². The number of halogens is 2. The van der Waals surface area contributed by atoms with Gasteiger partial charge in [-0.1, -0.05) is 30.0 Å². The van der Waals surface area contributed by atoms with E-state index in [1.807, 2.05) is 6.26 Å². The van der Waals surface area contributed by atoms with Gasteiger partial charge in [-0.05, 0) is 6.26 Å². The molecule has 0 fully saturated rings. The number of hydrogen-bond acceptors (Lipinski definition) is 5. The van der Waals surface area contributed by atoms with Crippen LogP contribution in [0.2, 0.25) is 0 Å². The van der Waals surface area contributed by atoms with Gasteiger partial charge in [-0.25, -0.2) is 9.97 Å². The molecule has 2 aromatic heterocycles. The van der Waals surface area contributed by atoms with Crippen LogP contribution in [0.3, 0.4) is 0 Å². The maximum Gasteiger partial charge on any atom is 0.304 e. The van der Waals surface area contributed by atoms with E-state index in [1.54, 1.807) is 0 Å². The van der Waals surface area contributed by atoms with Crippen LogP contribution in [0.1, 0.15) is 19.2 Å². The first-order valence-corrected chi connectivity index (χ1v) is 7.24. The van der Waals surface area contributed by atoms with Crippen molar-refractivity contribution in [1.29, 1.82) is 0 Å². The highest BCUT2D eigenvalue weighted by Crippen LogP contribution is 2.31. The van der Waals surface area contributed by atoms with E-state index in [0.29, 0.717) is 4.34 Å². The molecule has 2 heterocycles. The van der Waals surface area contributed by atoms with Gasteiger partial charge in [0.05, 0.1) is 0 Å². The number of aromatic nitrogens is 3. The summed E-state index contributed by atoms with van der Waals surface area (Å²) < 4.78 is 28.9. The van der Waals surface area contributed by atoms with Crippen molar-refractivity contribution in [3.05, 3.63) is 16.2 Å². The first kappa shape index (κ1) is 13.4. The lowest BCUT2D eigenvalue weighted by Gasteiger charge is -2.15. The minimum atomic E-state index is -3.11. The summed E-state index contributed by atoms with van der Waals surface area (Å²) in [7, 11) is 1.30. The molecule has 0 unspecified atom stereocenters. The number of alkyl halides is 2. The first-order chi connectivity index (χ1) is 8.40. The van der Waals surface area contributed by atoms with Crippen molar-refractivity contribution in [1.82, 2.24) is 14.5 Å². The second kappa shape index (κ2) is 4.58. The van der Waals surface area contributed by atoms with Gasteiger partial charge in [-0.3, -0.25) is 9.36 Å². The van der Waals surface area contributed by atoms with Crippen LogP contribution in [0.4, 0.5) is 8.78 Å². The minimum Gasteiger partial charge on any atom is -0.293 e. The van der Waals surface area contributed by atoms with Crippen molar-refractivity contribution in [2.24, 2.45) is 7.05 Å². The van der Waals surface area contributed by atoms with E-state index in [2.05, 4.69) is 9.97 Å². The molecule has 98 valence electrons. The molecule has 8 heteroatoms. The monoisotopic (exact) mass is 291 g/mol. The van der Waals surface area contributed by atoms with Crippen LogP contribution in [0.25, 0.3) is 10.3 Å². The summed E-state index contributed by atoms with van der Waals surface area (Å²) in [6.07, 6.45) is 1.41. The third kappa shape index (κ3) is 2.03. The van der Waals surface area contributed by atoms with Crippen molar-refractivity contribution >= 4 is 33.4 Å². The Labute approximate surface area is 110 Å². The van der Waals surface area contributed by atoms with Gasteiger partial charge in [0.1, 0.15) is 0 Å². The van der Waals surface area contributed by atoms with Crippen molar-refractivity contribution in [2.45, 2.75) is 23.6 Å². The Morgan fingerprint density at radius 1 is 1.44 bits per heavy atom. The van der Waals surface area contributed by atoms with E-state index in [9.17, 15) is 13.6 Å². The van der Waals surface area contributed by atoms with Crippen molar-refractivity contribution in [2.75, 3.05) is 6.26 Å². The molecule has 0 amide bonds. The molecule has 0 aromatic carbocycles. The van der Waals surface area contributed by atoms with Gasteiger partial charge >= 0.3 is 5.92 Å². The molecule has 0 spiro atoms. The zero-order valence-electron chi connectivity index (χ0n) is 10.0. The minimum absolute atomic E-state index is 0.155. The molecule has 0 atom stereocenters. The van der Waals surface area contributed by atoms with Crippen LogP contribution in [0.5, 0.6) is 0 Å². The number of thioether (sulfide) groups is 1. The van der Waals surface area contributed by atoms with Gasteiger partial charge in [0, 0.05) is 13.5 Å². The van der Waals surface area contributed by atoms with Crippen LogP contribution >= 0.6 is 23.1 Å². The summed E-state index contributed by atoms with van der Waals surface area (Å²) in [4.78, 5) is 20.2. The van der Waals surface area contributed by atoms with Crippen LogP contribution in [0, 0.1) is 0 Å². The molecule has 4 nitrogen and oxygen atoms in total. The summed E-state index contributed by atoms with van der Waals surface area (Å²) in [6.45, 7) is 1.36. The number of nitrogens with zero attached hydrogens (tertiary/aromatic N) is 3. The summed E-state index contributed by atoms with van der Waals surface area (Å²) >= 11 is 2.51. The molecule has 2 rings (SSSR count). The van der Waals surface area contributed by atoms with Crippen molar-refractivity contribution < 1.29 is 8.78 Å². The number of fused-ring (bicyclic) bond motifs is 1. The molecule has 0 N–H and O–H groups in total. The van der Waals surface area contributed by atoms with Gasteiger partial charge in [-0.2, -0.15) is 8.78 Å². The Bertz CT molecular complexity index is 650. The molecular formula is C10H11F2N3OS2. The highest BCUT2D eigenvalue weighted by Gasteiger charge is 2.35. The average Bonchev–Trinajstić information content (AvgIpc) is 2.77. The summed E-state index contributed by atoms with van der Waals surface area (Å²) in [5.41, 5.74) is -0.373. The lowest BCUT2D eigenvalue weighted by molar-refractivity contribution is -0.0210. The Balaban J connectivity index is 2.78. The average molecular weight is 291 g/mol. The smallest absolute Gasteiger partial charge is 0.293 e. The summed E-state index contributed by atoms with van der Waals surface area (Å²) in [6, 6.07) is 0. The quantitative estimate of drug-likeness (QED) is 0.816. The second-order valence-electron chi connectivity index (χ2n) is 3.70. The zero-order valence-corrected chi connectivity index (χ0v) is 11.7. The molecule has 0 saturated heterocycles. The third-order valence-electron chi connectivity index (χ3n) is 2.57. The Morgan fingerprint density at radius 3 is 2.67 bits per heavy atom. The largest absolute Gasteiger partial charge is 0.304 e. The molecule has 0 bridgehead atoms. The Morgan fingerprint density at radius 2 is 2.11 bits per heavy atom. The summed E-state index contributed by atoms with van der Waals surface area (Å²) in [5.74, 6) is -3.61. The van der Waals surface area contributed by atoms with Crippen LogP contribution < -0.4 is 5.56 Å². The van der Waals surface area contributed by atoms with Gasteiger partial charge in [0.2, 0.25) is 0 Å². The fourth-order valence-electron chi connectivity index (χ4n) is 1.51. The third-order valence-corrected chi connectivity index (χ3v) is 4.50. The predicted molar refractivity (Wildman–Crippen MR) is 68.6 cm³/mol. The van der Waals surface area contributed by atoms with Gasteiger partial charge in [-0.15, -0.1) is 0 Å². The maximum atomic E-state index is 13.7. The van der Waals surface area contributed by atoms with Gasteiger partial charge in [0.15, 0.2) is 20.5 Å². The molecule has 0 aliphatic heterocycles. The lowest BCUT2D eigenvalue weighted by Crippen LogP contribution is -2.29. The standard InChI is InChI=1S/C10H11F2N3OS2/c1-4-10(11,12)8-14-6-5(7(16)15(8)2)13-9(17-3)18-6/h4H2,1-3H3. The van der Waals surface area contributed by atoms with E-state index < -0.39 is 23.7 Å². The topological polar surface area (TPSA) is 47.8 Å². The fourth-order valence-corrected chi connectivity index (χ4v) is 2.92. The van der Waals surface area contributed by atoms with E-state index >= 15 is 0 Å². The second-order valence-corrected chi connectivity index (χ2v) is 5.73. The van der Waals surface area contributed by atoms with Crippen molar-refractivity contribution in [3.63, 3.8) is 0 Å². The van der Waals surface area contributed by atoms with E-state index in [0.717, 1.165) is 15.9 Å². The predicted octanol–water partition coefficient (Wildman–Crippen LogP) is 2.61. The fraction of sp³-hybridized carbons (Fsp3) is 0.500. The number of thiazole rings is 1. The number of hydrogen-bond donors (Lipinski definition) is 0. The molecule has 0 aliphatic carbocycles. The first-order valence-electron chi connectivity index (χ1n) is 5.20. The van der Waals surface area contributed by atoms with E-state index in [-0.39, 0.29) is 10.3 Å². The molecule has 0 saturated carbocycles. The zero-order chi connectivity index (χ0) is 13.5. The maximum absolute atomic E-state index is 13.7. The van der Waals surface area contributed by atoms with Crippen LogP contribution in [0.15, 0.2) is 9.13 Å². The van der Waals surface area contributed by atoms with Gasteiger partial charge in [0.25, 0.3) is 5.56 Å². The highest BCUT2D eigenvalue weighted by atomic mass is 32.2. The molecule has 2 aromatic rings. The van der Waals surface area contributed by atoms with Crippen LogP contribution in [-0.2, 0) is 13.0 Å². The molecule has 0 aliphatic rings. The van der Waals surface area contributed by atoms with Gasteiger partial charge < -0.3 is 0 Å². The van der Waals surface area contributed by atoms with Crippen LogP contribution in [-0.4, -0.2) is 20.8 Å². The molecule has 0 radical (unpaired) electrons. The lowest BCUT2D eigenvalue weighted by atomic mass is 10.2. The Hall–Kier alpha value is -1.02. The number of rotatable bonds is 3. The Kier molecular flexibility index (Phi) is 3.41. The SMILES string of the molecule is CCC(F)(F)c1nc2sc(SC)nc2c(=O)n1C. The molecular weight excluding hydrogens is 280 g/mol. The summed E-state index contributed by atoms with van der Waals surface area (Å²) in [5, 5.41) is 0. The van der Waals surface area contributed by atoms with Crippen molar-refractivity contribution in [3.8, 4) is 0 Å².